The molecule has 1 aliphatic heterocycles. The molecule has 1 unspecified atom stereocenters. The molecule has 5 heteroatoms. The Bertz CT molecular complexity index is 1040. The van der Waals surface area contributed by atoms with Gasteiger partial charge in [0.15, 0.2) is 0 Å². The molecule has 0 spiro atoms. The number of hydrogen-bond acceptors (Lipinski definition) is 3. The highest BCUT2D eigenvalue weighted by Crippen LogP contribution is 2.39. The van der Waals surface area contributed by atoms with Crippen molar-refractivity contribution in [2.45, 2.75) is 47.0 Å². The highest BCUT2D eigenvalue weighted by molar-refractivity contribution is 6.17. The maximum atomic E-state index is 13.3. The van der Waals surface area contributed by atoms with E-state index in [9.17, 15) is 9.59 Å². The minimum Gasteiger partial charge on any atom is -0.325 e. The second-order valence-electron chi connectivity index (χ2n) is 8.24. The Morgan fingerprint density at radius 3 is 2.55 bits per heavy atom. The molecular formula is C24H27N3O2. The lowest BCUT2D eigenvalue weighted by Crippen LogP contribution is -2.42. The largest absolute Gasteiger partial charge is 0.325 e. The molecule has 0 radical (unpaired) electrons. The van der Waals surface area contributed by atoms with Crippen LogP contribution in [0, 0.1) is 33.6 Å². The number of nitrogens with zero attached hydrogens (tertiary/aromatic N) is 2. The number of aliphatic imine (C=N–C) groups is 1. The van der Waals surface area contributed by atoms with Crippen molar-refractivity contribution >= 4 is 34.6 Å². The van der Waals surface area contributed by atoms with Gasteiger partial charge in [-0.2, -0.15) is 0 Å². The monoisotopic (exact) mass is 389 g/mol. The smallest absolute Gasteiger partial charge is 0.244 e. The van der Waals surface area contributed by atoms with E-state index in [0.29, 0.717) is 0 Å². The number of fused-ring (bicyclic) bond motifs is 2. The van der Waals surface area contributed by atoms with Gasteiger partial charge in [-0.1, -0.05) is 6.07 Å². The zero-order chi connectivity index (χ0) is 20.7. The van der Waals surface area contributed by atoms with Gasteiger partial charge >= 0.3 is 0 Å². The molecule has 1 saturated carbocycles. The van der Waals surface area contributed by atoms with Crippen LogP contribution in [0.3, 0.4) is 0 Å². The van der Waals surface area contributed by atoms with Gasteiger partial charge in [0.1, 0.15) is 6.54 Å². The lowest BCUT2D eigenvalue weighted by Gasteiger charge is -2.25. The lowest BCUT2D eigenvalue weighted by molar-refractivity contribution is -0.122. The predicted octanol–water partition coefficient (Wildman–Crippen LogP) is 4.78. The second kappa shape index (κ2) is 7.47. The van der Waals surface area contributed by atoms with Gasteiger partial charge in [0.25, 0.3) is 0 Å². The van der Waals surface area contributed by atoms with Gasteiger partial charge in [0.2, 0.25) is 11.8 Å². The normalized spacial score (nSPS) is 18.1. The van der Waals surface area contributed by atoms with Crippen LogP contribution < -0.4 is 10.2 Å². The van der Waals surface area contributed by atoms with Crippen molar-refractivity contribution in [1.82, 2.24) is 0 Å². The van der Waals surface area contributed by atoms with E-state index in [1.165, 1.54) is 5.56 Å². The van der Waals surface area contributed by atoms with Crippen molar-refractivity contribution in [3.63, 3.8) is 0 Å². The van der Waals surface area contributed by atoms with Crippen molar-refractivity contribution in [2.24, 2.45) is 10.9 Å². The molecule has 1 atom stereocenters. The van der Waals surface area contributed by atoms with Crippen LogP contribution in [0.15, 0.2) is 35.3 Å². The number of hydrogen-bond donors (Lipinski definition) is 1. The van der Waals surface area contributed by atoms with Gasteiger partial charge in [-0.25, -0.2) is 0 Å². The fraction of sp³-hybridized carbons (Fsp3) is 0.375. The molecule has 29 heavy (non-hydrogen) atoms. The number of aryl methyl sites for hydroxylation is 4. The number of amides is 2. The first-order chi connectivity index (χ1) is 13.8. The average Bonchev–Trinajstić information content (AvgIpc) is 3.10. The Hall–Kier alpha value is -2.95. The van der Waals surface area contributed by atoms with Crippen LogP contribution in [0.2, 0.25) is 0 Å². The molecule has 4 rings (SSSR count). The van der Waals surface area contributed by atoms with Crippen molar-refractivity contribution in [1.29, 1.82) is 0 Å². The number of anilines is 2. The van der Waals surface area contributed by atoms with Gasteiger partial charge < -0.3 is 10.2 Å². The highest BCUT2D eigenvalue weighted by atomic mass is 16.2. The van der Waals surface area contributed by atoms with Crippen LogP contribution in [-0.4, -0.2) is 24.1 Å². The van der Waals surface area contributed by atoms with E-state index in [1.54, 1.807) is 4.90 Å². The molecular weight excluding hydrogens is 362 g/mol. The first-order valence-corrected chi connectivity index (χ1v) is 10.2. The summed E-state index contributed by atoms with van der Waals surface area (Å²) in [7, 11) is 0. The molecule has 1 fully saturated rings. The van der Waals surface area contributed by atoms with E-state index in [4.69, 9.17) is 4.99 Å². The summed E-state index contributed by atoms with van der Waals surface area (Å²) in [6.07, 6.45) is 2.63. The maximum Gasteiger partial charge on any atom is 0.244 e. The van der Waals surface area contributed by atoms with Gasteiger partial charge in [0, 0.05) is 11.4 Å². The number of rotatable bonds is 3. The molecule has 1 heterocycles. The van der Waals surface area contributed by atoms with Crippen LogP contribution in [0.4, 0.5) is 17.1 Å². The molecule has 5 nitrogen and oxygen atoms in total. The minimum atomic E-state index is -0.211. The van der Waals surface area contributed by atoms with Gasteiger partial charge in [0.05, 0.1) is 17.3 Å². The summed E-state index contributed by atoms with van der Waals surface area (Å²) in [6.45, 7) is 8.11. The standard InChI is InChI=1S/C24H27N3O2/c1-14-8-9-18(10-15(14)2)25-23(28)13-27-22-12-17(4)16(3)11-21(22)26-20-7-5-6-19(20)24(27)29/h8-12,19H,5-7,13H2,1-4H3,(H,25,28). The van der Waals surface area contributed by atoms with Crippen molar-refractivity contribution in [3.05, 3.63) is 52.6 Å². The molecule has 2 aromatic rings. The van der Waals surface area contributed by atoms with Crippen LogP contribution in [0.1, 0.15) is 41.5 Å². The molecule has 2 amide bonds. The summed E-state index contributed by atoms with van der Waals surface area (Å²) >= 11 is 0. The third-order valence-electron chi connectivity index (χ3n) is 6.13. The van der Waals surface area contributed by atoms with Crippen molar-refractivity contribution < 1.29 is 9.59 Å². The summed E-state index contributed by atoms with van der Waals surface area (Å²) < 4.78 is 0. The zero-order valence-corrected chi connectivity index (χ0v) is 17.5. The van der Waals surface area contributed by atoms with Gasteiger partial charge in [-0.3, -0.25) is 14.6 Å². The Morgan fingerprint density at radius 2 is 1.79 bits per heavy atom. The fourth-order valence-electron chi connectivity index (χ4n) is 4.11. The first kappa shape index (κ1) is 19.4. The molecule has 0 bridgehead atoms. The van der Waals surface area contributed by atoms with E-state index in [2.05, 4.69) is 5.32 Å². The Morgan fingerprint density at radius 1 is 1.07 bits per heavy atom. The van der Waals surface area contributed by atoms with Crippen LogP contribution in [-0.2, 0) is 9.59 Å². The average molecular weight is 389 g/mol. The van der Waals surface area contributed by atoms with Gasteiger partial charge in [-0.15, -0.1) is 0 Å². The zero-order valence-electron chi connectivity index (χ0n) is 17.5. The molecule has 1 N–H and O–H groups in total. The van der Waals surface area contributed by atoms with Crippen molar-refractivity contribution in [3.8, 4) is 0 Å². The van der Waals surface area contributed by atoms with E-state index in [0.717, 1.165) is 58.7 Å². The Labute approximate surface area is 171 Å². The highest BCUT2D eigenvalue weighted by Gasteiger charge is 2.37. The molecule has 1 aliphatic carbocycles. The van der Waals surface area contributed by atoms with Crippen LogP contribution >= 0.6 is 0 Å². The van der Waals surface area contributed by atoms with Crippen LogP contribution in [0.5, 0.6) is 0 Å². The number of benzene rings is 2. The van der Waals surface area contributed by atoms with Gasteiger partial charge in [-0.05, 0) is 93.5 Å². The third-order valence-corrected chi connectivity index (χ3v) is 6.13. The summed E-state index contributed by atoms with van der Waals surface area (Å²) in [5.74, 6) is -0.428. The summed E-state index contributed by atoms with van der Waals surface area (Å²) in [4.78, 5) is 32.7. The van der Waals surface area contributed by atoms with Crippen LogP contribution in [0.25, 0.3) is 0 Å². The first-order valence-electron chi connectivity index (χ1n) is 10.2. The second-order valence-corrected chi connectivity index (χ2v) is 8.24. The Kier molecular flexibility index (Phi) is 4.99. The van der Waals surface area contributed by atoms with E-state index in [1.807, 2.05) is 58.0 Å². The number of carbonyl (C=O) groups is 2. The van der Waals surface area contributed by atoms with E-state index >= 15 is 0 Å². The Balaban J connectivity index is 1.65. The third kappa shape index (κ3) is 3.69. The summed E-state index contributed by atoms with van der Waals surface area (Å²) in [5.41, 5.74) is 7.75. The summed E-state index contributed by atoms with van der Waals surface area (Å²) in [5, 5.41) is 2.94. The molecule has 0 saturated heterocycles. The van der Waals surface area contributed by atoms with E-state index < -0.39 is 0 Å². The van der Waals surface area contributed by atoms with E-state index in [-0.39, 0.29) is 24.3 Å². The molecule has 2 aromatic carbocycles. The number of carbonyl (C=O) groups excluding carboxylic acids is 2. The molecule has 0 aromatic heterocycles. The molecule has 2 aliphatic rings. The minimum absolute atomic E-state index is 0.0133. The topological polar surface area (TPSA) is 61.8 Å². The molecule has 150 valence electrons. The maximum absolute atomic E-state index is 13.3. The lowest BCUT2D eigenvalue weighted by atomic mass is 10.0. The SMILES string of the molecule is Cc1ccc(NC(=O)CN2C(=O)C3CCCC3=Nc3cc(C)c(C)cc32)cc1C. The summed E-state index contributed by atoms with van der Waals surface area (Å²) in [6, 6.07) is 9.85. The predicted molar refractivity (Wildman–Crippen MR) is 117 cm³/mol. The fourth-order valence-corrected chi connectivity index (χ4v) is 4.11. The van der Waals surface area contributed by atoms with Crippen molar-refractivity contribution in [2.75, 3.05) is 16.8 Å². The quantitative estimate of drug-likeness (QED) is 0.821. The number of nitrogens with one attached hydrogen (secondary N) is 1.